The fourth-order valence-corrected chi connectivity index (χ4v) is 1.26. The Morgan fingerprint density at radius 3 is 1.94 bits per heavy atom. The summed E-state index contributed by atoms with van der Waals surface area (Å²) in [6, 6.07) is 6.72. The predicted octanol–water partition coefficient (Wildman–Crippen LogP) is 3.70. The first-order valence-electron chi connectivity index (χ1n) is 4.71. The Bertz CT molecular complexity index is 396. The van der Waals surface area contributed by atoms with Crippen molar-refractivity contribution in [3.63, 3.8) is 0 Å². The molecule has 0 amide bonds. The number of hydrogen-bond acceptors (Lipinski definition) is 1. The molecule has 94 valence electrons. The Labute approximate surface area is 94.2 Å². The van der Waals surface area contributed by atoms with E-state index >= 15 is 0 Å². The number of alkyl halides is 5. The Kier molecular flexibility index (Phi) is 3.54. The number of Topliss-reactive ketones (excluding diaryl/α,β-unsaturated/α-hetero) is 1. The molecule has 0 saturated heterocycles. The van der Waals surface area contributed by atoms with Gasteiger partial charge in [0.1, 0.15) is 0 Å². The van der Waals surface area contributed by atoms with Crippen molar-refractivity contribution in [2.45, 2.75) is 19.0 Å². The predicted molar refractivity (Wildman–Crippen MR) is 50.9 cm³/mol. The maximum absolute atomic E-state index is 12.9. The van der Waals surface area contributed by atoms with Gasteiger partial charge in [-0.15, -0.1) is 0 Å². The minimum absolute atomic E-state index is 0.163. The van der Waals surface area contributed by atoms with Crippen molar-refractivity contribution < 1.29 is 26.7 Å². The lowest BCUT2D eigenvalue weighted by Crippen LogP contribution is -2.45. The van der Waals surface area contributed by atoms with Gasteiger partial charge in [-0.2, -0.15) is 22.0 Å². The molecule has 6 heteroatoms. The molecule has 0 bridgehead atoms. The molecule has 0 radical (unpaired) electrons. The van der Waals surface area contributed by atoms with Crippen LogP contribution in [0.1, 0.15) is 17.3 Å². The molecule has 17 heavy (non-hydrogen) atoms. The van der Waals surface area contributed by atoms with Crippen LogP contribution in [-0.2, 0) is 0 Å². The maximum Gasteiger partial charge on any atom is 0.454 e. The summed E-state index contributed by atoms with van der Waals surface area (Å²) in [4.78, 5) is 11.5. The van der Waals surface area contributed by atoms with Crippen molar-refractivity contribution in [2.24, 2.45) is 5.92 Å². The average molecular weight is 252 g/mol. The highest BCUT2D eigenvalue weighted by Gasteiger charge is 2.62. The smallest absolute Gasteiger partial charge is 0.294 e. The fourth-order valence-electron chi connectivity index (χ4n) is 1.26. The number of benzene rings is 1. The van der Waals surface area contributed by atoms with Crippen molar-refractivity contribution >= 4 is 5.78 Å². The average Bonchev–Trinajstić information content (AvgIpc) is 2.26. The molecule has 0 N–H and O–H groups in total. The van der Waals surface area contributed by atoms with Crippen molar-refractivity contribution in [1.82, 2.24) is 0 Å². The monoisotopic (exact) mass is 252 g/mol. The van der Waals surface area contributed by atoms with Gasteiger partial charge in [0.2, 0.25) is 0 Å². The van der Waals surface area contributed by atoms with Gasteiger partial charge >= 0.3 is 12.1 Å². The van der Waals surface area contributed by atoms with Gasteiger partial charge in [-0.3, -0.25) is 4.79 Å². The number of ketones is 1. The molecule has 0 spiro atoms. The van der Waals surface area contributed by atoms with Crippen molar-refractivity contribution in [3.8, 4) is 0 Å². The van der Waals surface area contributed by atoms with E-state index in [9.17, 15) is 26.7 Å². The highest BCUT2D eigenvalue weighted by atomic mass is 19.4. The highest BCUT2D eigenvalue weighted by molar-refractivity contribution is 5.98. The number of halogens is 5. The summed E-state index contributed by atoms with van der Waals surface area (Å²) >= 11 is 0. The summed E-state index contributed by atoms with van der Waals surface area (Å²) in [5.41, 5.74) is -0.163. The van der Waals surface area contributed by atoms with Gasteiger partial charge in [-0.1, -0.05) is 30.3 Å². The summed E-state index contributed by atoms with van der Waals surface area (Å²) in [5, 5.41) is 0. The van der Waals surface area contributed by atoms with Crippen LogP contribution in [0, 0.1) is 5.92 Å². The van der Waals surface area contributed by atoms with E-state index in [4.69, 9.17) is 0 Å². The number of carbonyl (C=O) groups is 1. The first-order valence-corrected chi connectivity index (χ1v) is 4.71. The molecule has 1 aromatic rings. The summed E-state index contributed by atoms with van der Waals surface area (Å²) < 4.78 is 62.0. The van der Waals surface area contributed by atoms with Crippen LogP contribution in [-0.4, -0.2) is 17.9 Å². The van der Waals surface area contributed by atoms with E-state index in [1.165, 1.54) is 30.3 Å². The molecule has 1 rings (SSSR count). The summed E-state index contributed by atoms with van der Waals surface area (Å²) in [6.07, 6.45) is -5.73. The largest absolute Gasteiger partial charge is 0.454 e. The quantitative estimate of drug-likeness (QED) is 0.592. The number of carbonyl (C=O) groups excluding carboxylic acids is 1. The van der Waals surface area contributed by atoms with E-state index in [0.717, 1.165) is 0 Å². The molecule has 0 heterocycles. The normalized spacial score (nSPS) is 14.5. The minimum Gasteiger partial charge on any atom is -0.294 e. The zero-order chi connectivity index (χ0) is 13.3. The third-order valence-electron chi connectivity index (χ3n) is 2.37. The topological polar surface area (TPSA) is 17.1 Å². The molecule has 1 atom stereocenters. The lowest BCUT2D eigenvalue weighted by atomic mass is 9.93. The van der Waals surface area contributed by atoms with E-state index in [1.54, 1.807) is 0 Å². The molecule has 0 aromatic heterocycles. The molecule has 0 saturated carbocycles. The molecule has 0 aliphatic heterocycles. The van der Waals surface area contributed by atoms with E-state index in [-0.39, 0.29) is 5.56 Å². The SMILES string of the molecule is CC(C(=O)c1ccccc1)C(F)(F)C(F)(F)F. The minimum atomic E-state index is -5.73. The van der Waals surface area contributed by atoms with Crippen molar-refractivity contribution in [2.75, 3.05) is 0 Å². The number of rotatable bonds is 3. The standard InChI is InChI=1S/C11H9F5O/c1-7(10(12,13)11(14,15)16)9(17)8-5-3-2-4-6-8/h2-7H,1H3. The van der Waals surface area contributed by atoms with Crippen LogP contribution in [0.3, 0.4) is 0 Å². The van der Waals surface area contributed by atoms with Crippen LogP contribution in [0.15, 0.2) is 30.3 Å². The zero-order valence-corrected chi connectivity index (χ0v) is 8.76. The Morgan fingerprint density at radius 1 is 1.06 bits per heavy atom. The Balaban J connectivity index is 2.99. The second kappa shape index (κ2) is 4.43. The van der Waals surface area contributed by atoms with Crippen molar-refractivity contribution in [1.29, 1.82) is 0 Å². The van der Waals surface area contributed by atoms with Gasteiger partial charge in [0.05, 0.1) is 5.92 Å². The third kappa shape index (κ3) is 2.62. The Morgan fingerprint density at radius 2 is 1.53 bits per heavy atom. The van der Waals surface area contributed by atoms with Crippen LogP contribution >= 0.6 is 0 Å². The molecule has 1 aromatic carbocycles. The molecular formula is C11H9F5O. The fraction of sp³-hybridized carbons (Fsp3) is 0.364. The van der Waals surface area contributed by atoms with Crippen LogP contribution in [0.2, 0.25) is 0 Å². The van der Waals surface area contributed by atoms with Crippen LogP contribution in [0.5, 0.6) is 0 Å². The zero-order valence-electron chi connectivity index (χ0n) is 8.76. The second-order valence-corrected chi connectivity index (χ2v) is 3.57. The van der Waals surface area contributed by atoms with Gasteiger partial charge in [-0.05, 0) is 6.92 Å². The molecule has 0 fully saturated rings. The highest BCUT2D eigenvalue weighted by Crippen LogP contribution is 2.42. The van der Waals surface area contributed by atoms with E-state index in [0.29, 0.717) is 6.92 Å². The van der Waals surface area contributed by atoms with Crippen LogP contribution in [0.25, 0.3) is 0 Å². The molecule has 1 unspecified atom stereocenters. The van der Waals surface area contributed by atoms with E-state index in [1.807, 2.05) is 0 Å². The van der Waals surface area contributed by atoms with Crippen LogP contribution in [0.4, 0.5) is 22.0 Å². The molecule has 0 aliphatic carbocycles. The van der Waals surface area contributed by atoms with Crippen molar-refractivity contribution in [3.05, 3.63) is 35.9 Å². The lowest BCUT2D eigenvalue weighted by Gasteiger charge is -2.24. The molecule has 0 aliphatic rings. The summed E-state index contributed by atoms with van der Waals surface area (Å²) in [6.45, 7) is 0.572. The van der Waals surface area contributed by atoms with Gasteiger partial charge in [0, 0.05) is 5.56 Å². The first kappa shape index (κ1) is 13.6. The van der Waals surface area contributed by atoms with E-state index < -0.39 is 23.8 Å². The van der Waals surface area contributed by atoms with Gasteiger partial charge in [0.25, 0.3) is 0 Å². The second-order valence-electron chi connectivity index (χ2n) is 3.57. The lowest BCUT2D eigenvalue weighted by molar-refractivity contribution is -0.293. The van der Waals surface area contributed by atoms with Crippen LogP contribution < -0.4 is 0 Å². The van der Waals surface area contributed by atoms with Gasteiger partial charge in [0.15, 0.2) is 5.78 Å². The molecular weight excluding hydrogens is 243 g/mol. The first-order chi connectivity index (χ1) is 7.68. The maximum atomic E-state index is 12.9. The summed E-state index contributed by atoms with van der Waals surface area (Å²) in [5.74, 6) is -8.70. The van der Waals surface area contributed by atoms with E-state index in [2.05, 4.69) is 0 Å². The van der Waals surface area contributed by atoms with Gasteiger partial charge in [-0.25, -0.2) is 0 Å². The molecule has 1 nitrogen and oxygen atoms in total. The van der Waals surface area contributed by atoms with Gasteiger partial charge < -0.3 is 0 Å². The summed E-state index contributed by atoms with van der Waals surface area (Å²) in [7, 11) is 0. The Hall–Kier alpha value is -1.46. The number of hydrogen-bond donors (Lipinski definition) is 0. The third-order valence-corrected chi connectivity index (χ3v) is 2.37.